The first-order valence-electron chi connectivity index (χ1n) is 19.1. The van der Waals surface area contributed by atoms with Gasteiger partial charge in [-0.3, -0.25) is 0 Å². The van der Waals surface area contributed by atoms with Crippen LogP contribution < -0.4 is 5.46 Å². The van der Waals surface area contributed by atoms with E-state index in [2.05, 4.69) is 149 Å². The Kier molecular flexibility index (Phi) is 6.26. The fourth-order valence-corrected chi connectivity index (χ4v) is 11.1. The van der Waals surface area contributed by atoms with Crippen molar-refractivity contribution in [1.82, 2.24) is 0 Å². The van der Waals surface area contributed by atoms with Crippen LogP contribution in [0.5, 0.6) is 0 Å². The van der Waals surface area contributed by atoms with E-state index in [1.165, 1.54) is 55.3 Å². The van der Waals surface area contributed by atoms with Crippen LogP contribution >= 0.6 is 0 Å². The maximum absolute atomic E-state index is 6.71. The van der Waals surface area contributed by atoms with Gasteiger partial charge in [-0.2, -0.15) is 0 Å². The Bertz CT molecular complexity index is 2380. The van der Waals surface area contributed by atoms with Crippen molar-refractivity contribution in [3.05, 3.63) is 166 Å². The highest BCUT2D eigenvalue weighted by molar-refractivity contribution is 6.65. The fraction of sp³-hybridized carbons (Fsp3) is 0.292. The van der Waals surface area contributed by atoms with Crippen LogP contribution in [0.15, 0.2) is 133 Å². The third-order valence-corrected chi connectivity index (χ3v) is 13.8. The van der Waals surface area contributed by atoms with Crippen LogP contribution in [0.3, 0.4) is 0 Å². The second kappa shape index (κ2) is 10.6. The standard InChI is InChI=1S/C48H43BO2/c1-47(2)48(3,4)51-49(50-47)39-26-25-36-43-33(39)22-14-24-35(43)46-41(29-17-9-6-10-18-29)44-34-23-13-21-32-30-19-11-12-20-31(30)37(42(32)34)27-38(44)40(45(36)46)28-15-7-5-8-16-28/h5,7-9,11-26,37,40-41,45-46H,6,10,27H2,1-4H3. The highest BCUT2D eigenvalue weighted by Gasteiger charge is 2.55. The quantitative estimate of drug-likeness (QED) is 0.179. The molecule has 0 spiro atoms. The first-order chi connectivity index (χ1) is 24.8. The van der Waals surface area contributed by atoms with Crippen molar-refractivity contribution in [3.63, 3.8) is 0 Å². The van der Waals surface area contributed by atoms with E-state index in [0.717, 1.165) is 24.7 Å². The van der Waals surface area contributed by atoms with Gasteiger partial charge in [-0.15, -0.1) is 0 Å². The lowest BCUT2D eigenvalue weighted by molar-refractivity contribution is 0.00578. The van der Waals surface area contributed by atoms with Gasteiger partial charge in [0.1, 0.15) is 0 Å². The van der Waals surface area contributed by atoms with Crippen LogP contribution in [-0.4, -0.2) is 18.3 Å². The minimum Gasteiger partial charge on any atom is -0.399 e. The first-order valence-corrected chi connectivity index (χ1v) is 19.1. The minimum absolute atomic E-state index is 0.274. The van der Waals surface area contributed by atoms with E-state index in [1.54, 1.807) is 16.7 Å². The highest BCUT2D eigenvalue weighted by Crippen LogP contribution is 2.69. The Hall–Kier alpha value is -4.44. The van der Waals surface area contributed by atoms with Gasteiger partial charge in [-0.1, -0.05) is 127 Å². The molecule has 1 aliphatic heterocycles. The SMILES string of the molecule is CC1(C)OB(c2ccc3c4c(cccc24)C2C(C4=CCCC=C4)C4=C(CC5c6ccccc6-c6cccc4c65)C(c4ccccc4)C32)OC1(C)C. The Morgan fingerprint density at radius 1 is 0.627 bits per heavy atom. The molecule has 5 aliphatic carbocycles. The largest absolute Gasteiger partial charge is 0.495 e. The molecule has 51 heavy (non-hydrogen) atoms. The lowest BCUT2D eigenvalue weighted by Gasteiger charge is -2.48. The lowest BCUT2D eigenvalue weighted by atomic mass is 9.55. The van der Waals surface area contributed by atoms with Gasteiger partial charge in [-0.05, 0) is 119 Å². The van der Waals surface area contributed by atoms with Crippen LogP contribution in [0.2, 0.25) is 0 Å². The molecule has 11 rings (SSSR count). The van der Waals surface area contributed by atoms with Crippen molar-refractivity contribution >= 4 is 28.9 Å². The molecule has 1 heterocycles. The molecule has 6 aliphatic rings. The number of benzene rings is 5. The maximum Gasteiger partial charge on any atom is 0.495 e. The van der Waals surface area contributed by atoms with Gasteiger partial charge in [0.15, 0.2) is 0 Å². The van der Waals surface area contributed by atoms with Gasteiger partial charge in [0.2, 0.25) is 0 Å². The summed E-state index contributed by atoms with van der Waals surface area (Å²) in [7, 11) is -0.401. The predicted molar refractivity (Wildman–Crippen MR) is 210 cm³/mol. The van der Waals surface area contributed by atoms with Crippen LogP contribution in [0.25, 0.3) is 27.5 Å². The van der Waals surface area contributed by atoms with Crippen LogP contribution in [0.4, 0.5) is 0 Å². The minimum atomic E-state index is -0.401. The van der Waals surface area contributed by atoms with Crippen molar-refractivity contribution in [2.24, 2.45) is 5.92 Å². The Morgan fingerprint density at radius 2 is 1.31 bits per heavy atom. The molecular formula is C48H43BO2. The third-order valence-electron chi connectivity index (χ3n) is 13.8. The van der Waals surface area contributed by atoms with E-state index < -0.39 is 18.3 Å². The predicted octanol–water partition coefficient (Wildman–Crippen LogP) is 11.0. The van der Waals surface area contributed by atoms with E-state index in [4.69, 9.17) is 9.31 Å². The molecule has 0 saturated carbocycles. The fourth-order valence-electron chi connectivity index (χ4n) is 11.1. The maximum atomic E-state index is 6.71. The van der Waals surface area contributed by atoms with E-state index in [0.29, 0.717) is 17.8 Å². The van der Waals surface area contributed by atoms with Crippen molar-refractivity contribution < 1.29 is 9.31 Å². The van der Waals surface area contributed by atoms with Crippen molar-refractivity contribution in [3.8, 4) is 11.1 Å². The van der Waals surface area contributed by atoms with Crippen molar-refractivity contribution in [1.29, 1.82) is 0 Å². The molecule has 3 heteroatoms. The summed E-state index contributed by atoms with van der Waals surface area (Å²) in [5, 5.41) is 2.71. The number of hydrogen-bond acceptors (Lipinski definition) is 2. The Morgan fingerprint density at radius 3 is 2.12 bits per heavy atom. The topological polar surface area (TPSA) is 18.5 Å². The molecule has 5 aromatic rings. The molecule has 5 atom stereocenters. The number of fused-ring (bicyclic) bond motifs is 7. The lowest BCUT2D eigenvalue weighted by Crippen LogP contribution is -2.41. The molecule has 0 bridgehead atoms. The highest BCUT2D eigenvalue weighted by atomic mass is 16.7. The molecule has 0 amide bonds. The molecular weight excluding hydrogens is 619 g/mol. The van der Waals surface area contributed by atoms with Gasteiger partial charge in [0.25, 0.3) is 0 Å². The summed E-state index contributed by atoms with van der Waals surface area (Å²) in [5.41, 5.74) is 16.9. The van der Waals surface area contributed by atoms with Crippen LogP contribution in [-0.2, 0) is 9.31 Å². The molecule has 5 unspecified atom stereocenters. The normalized spacial score (nSPS) is 27.3. The van der Waals surface area contributed by atoms with Crippen molar-refractivity contribution in [2.75, 3.05) is 0 Å². The summed E-state index contributed by atoms with van der Waals surface area (Å²) in [6.45, 7) is 8.62. The monoisotopic (exact) mass is 662 g/mol. The van der Waals surface area contributed by atoms with Gasteiger partial charge in [0.05, 0.1) is 11.2 Å². The second-order valence-electron chi connectivity index (χ2n) is 16.8. The zero-order valence-electron chi connectivity index (χ0n) is 29.9. The van der Waals surface area contributed by atoms with Gasteiger partial charge >= 0.3 is 7.12 Å². The van der Waals surface area contributed by atoms with Gasteiger partial charge in [-0.25, -0.2) is 0 Å². The van der Waals surface area contributed by atoms with Crippen LogP contribution in [0, 0.1) is 5.92 Å². The van der Waals surface area contributed by atoms with Gasteiger partial charge in [0, 0.05) is 29.6 Å². The summed E-state index contributed by atoms with van der Waals surface area (Å²) in [5.74, 6) is 1.57. The summed E-state index contributed by atoms with van der Waals surface area (Å²) < 4.78 is 13.4. The summed E-state index contributed by atoms with van der Waals surface area (Å²) in [6, 6.07) is 39.7. The summed E-state index contributed by atoms with van der Waals surface area (Å²) in [6.07, 6.45) is 10.8. The summed E-state index contributed by atoms with van der Waals surface area (Å²) in [4.78, 5) is 0. The van der Waals surface area contributed by atoms with E-state index >= 15 is 0 Å². The van der Waals surface area contributed by atoms with Gasteiger partial charge < -0.3 is 9.31 Å². The average Bonchev–Trinajstić information content (AvgIpc) is 3.73. The number of rotatable bonds is 3. The third kappa shape index (κ3) is 4.03. The van der Waals surface area contributed by atoms with Crippen molar-refractivity contribution in [2.45, 2.75) is 81.8 Å². The number of hydrogen-bond donors (Lipinski definition) is 0. The first kappa shape index (κ1) is 30.2. The average molecular weight is 663 g/mol. The molecule has 1 fully saturated rings. The zero-order valence-corrected chi connectivity index (χ0v) is 29.9. The second-order valence-corrected chi connectivity index (χ2v) is 16.8. The number of allylic oxidation sites excluding steroid dienone is 6. The molecule has 1 saturated heterocycles. The summed E-state index contributed by atoms with van der Waals surface area (Å²) >= 11 is 0. The Balaban J connectivity index is 1.19. The van der Waals surface area contributed by atoms with E-state index in [9.17, 15) is 0 Å². The molecule has 5 aromatic carbocycles. The Labute approximate surface area is 302 Å². The van der Waals surface area contributed by atoms with E-state index in [1.807, 2.05) is 0 Å². The molecule has 250 valence electrons. The molecule has 2 nitrogen and oxygen atoms in total. The zero-order chi connectivity index (χ0) is 34.2. The van der Waals surface area contributed by atoms with Crippen LogP contribution in [0.1, 0.15) is 104 Å². The molecule has 0 N–H and O–H groups in total. The molecule has 0 radical (unpaired) electrons. The van der Waals surface area contributed by atoms with E-state index in [-0.39, 0.29) is 11.8 Å². The smallest absolute Gasteiger partial charge is 0.399 e. The molecule has 0 aromatic heterocycles.